The van der Waals surface area contributed by atoms with Crippen LogP contribution in [0, 0.1) is 5.92 Å². The second-order valence-electron chi connectivity index (χ2n) is 7.89. The smallest absolute Gasteiger partial charge is 0.363 e. The highest BCUT2D eigenvalue weighted by Gasteiger charge is 2.66. The van der Waals surface area contributed by atoms with Gasteiger partial charge in [0.1, 0.15) is 5.92 Å². The van der Waals surface area contributed by atoms with Gasteiger partial charge in [-0.2, -0.15) is 13.2 Å². The quantitative estimate of drug-likeness (QED) is 0.286. The predicted octanol–water partition coefficient (Wildman–Crippen LogP) is 5.16. The van der Waals surface area contributed by atoms with Gasteiger partial charge in [0.05, 0.1) is 10.9 Å². The van der Waals surface area contributed by atoms with Crippen molar-refractivity contribution in [1.82, 2.24) is 10.6 Å². The molecule has 5 nitrogen and oxygen atoms in total. The molecule has 3 atom stereocenters. The van der Waals surface area contributed by atoms with Gasteiger partial charge in [-0.1, -0.05) is 54.6 Å². The lowest BCUT2D eigenvalue weighted by Gasteiger charge is -2.45. The van der Waals surface area contributed by atoms with Gasteiger partial charge in [-0.3, -0.25) is 4.79 Å². The van der Waals surface area contributed by atoms with E-state index in [1.807, 2.05) is 6.07 Å². The van der Waals surface area contributed by atoms with Crippen molar-refractivity contribution in [3.05, 3.63) is 82.6 Å². The van der Waals surface area contributed by atoms with Crippen LogP contribution >= 0.6 is 11.3 Å². The number of carbonyl (C=O) groups is 2. The van der Waals surface area contributed by atoms with Crippen molar-refractivity contribution in [1.29, 1.82) is 0 Å². The number of amides is 2. The Hall–Kier alpha value is -3.43. The summed E-state index contributed by atoms with van der Waals surface area (Å²) >= 11 is 0.973. The maximum absolute atomic E-state index is 14.2. The molecule has 5 rings (SSSR count). The average Bonchev–Trinajstić information content (AvgIpc) is 3.31. The second kappa shape index (κ2) is 7.57. The fourth-order valence-corrected chi connectivity index (χ4v) is 5.24. The van der Waals surface area contributed by atoms with E-state index in [0.29, 0.717) is 16.3 Å². The summed E-state index contributed by atoms with van der Waals surface area (Å²) in [6.07, 6.45) is -5.30. The van der Waals surface area contributed by atoms with Gasteiger partial charge in [-0.05, 0) is 44.6 Å². The molecule has 9 heteroatoms. The summed E-state index contributed by atoms with van der Waals surface area (Å²) in [5.74, 6) is -2.98. The van der Waals surface area contributed by atoms with E-state index >= 15 is 0 Å². The molecule has 2 heterocycles. The molecule has 0 aliphatic carbocycles. The number of Topliss-reactive ketones (excluding diaryl/α,β-unsaturated/α-hetero) is 1. The maximum Gasteiger partial charge on any atom is 0.437 e. The average molecular weight is 470 g/mol. The Balaban J connectivity index is 1.84. The lowest BCUT2D eigenvalue weighted by atomic mass is 9.76. The first-order valence-corrected chi connectivity index (χ1v) is 10.9. The van der Waals surface area contributed by atoms with Crippen LogP contribution in [0.25, 0.3) is 21.5 Å². The zero-order valence-corrected chi connectivity index (χ0v) is 17.7. The number of carbonyl (C=O) groups excluding carboxylic acids is 2. The molecular weight excluding hydrogens is 453 g/mol. The maximum atomic E-state index is 14.2. The number of thiophene rings is 1. The number of fused-ring (bicyclic) bond motifs is 2. The molecule has 33 heavy (non-hydrogen) atoms. The third-order valence-electron chi connectivity index (χ3n) is 5.98. The molecule has 0 saturated carbocycles. The number of nitrogens with one attached hydrogen (secondary N) is 2. The van der Waals surface area contributed by atoms with Crippen LogP contribution in [-0.2, 0) is 0 Å². The van der Waals surface area contributed by atoms with Crippen molar-refractivity contribution in [3.8, 4) is 0 Å². The van der Waals surface area contributed by atoms with E-state index in [4.69, 9.17) is 0 Å². The molecule has 1 aliphatic rings. The van der Waals surface area contributed by atoms with Gasteiger partial charge in [0.15, 0.2) is 5.78 Å². The standard InChI is InChI=1S/C24H17F3N2O3S/c25-24(26,27)23(32)19(21(30)17-10-5-11-33-17)20(28-22(31)29-23)18-15-8-3-1-6-13(15)12-14-7-2-4-9-16(14)18/h1-12,19-20,32H,(H2,28,29,31)/t19-,20+,23+/m0/s1. The van der Waals surface area contributed by atoms with E-state index < -0.39 is 35.7 Å². The zero-order valence-electron chi connectivity index (χ0n) is 16.9. The zero-order chi connectivity index (χ0) is 23.4. The number of alkyl halides is 3. The molecule has 1 fully saturated rings. The number of hydrogen-bond acceptors (Lipinski definition) is 4. The Morgan fingerprint density at radius 1 is 0.970 bits per heavy atom. The van der Waals surface area contributed by atoms with Gasteiger partial charge in [-0.25, -0.2) is 4.79 Å². The molecule has 0 radical (unpaired) electrons. The van der Waals surface area contributed by atoms with Crippen molar-refractivity contribution >= 4 is 44.7 Å². The van der Waals surface area contributed by atoms with Crippen LogP contribution in [0.4, 0.5) is 18.0 Å². The third-order valence-corrected chi connectivity index (χ3v) is 6.86. The van der Waals surface area contributed by atoms with Gasteiger partial charge in [0.2, 0.25) is 5.72 Å². The van der Waals surface area contributed by atoms with E-state index in [1.54, 1.807) is 65.3 Å². The van der Waals surface area contributed by atoms with Crippen molar-refractivity contribution in [2.45, 2.75) is 17.9 Å². The first kappa shape index (κ1) is 21.4. The first-order valence-electron chi connectivity index (χ1n) is 10.1. The van der Waals surface area contributed by atoms with Crippen LogP contribution in [0.5, 0.6) is 0 Å². The molecule has 0 bridgehead atoms. The van der Waals surface area contributed by atoms with Crippen molar-refractivity contribution in [3.63, 3.8) is 0 Å². The monoisotopic (exact) mass is 470 g/mol. The van der Waals surface area contributed by atoms with E-state index in [0.717, 1.165) is 22.1 Å². The molecule has 1 aromatic heterocycles. The SMILES string of the molecule is O=C1N[C@H](c2c3ccccc3cc3ccccc23)[C@@H](C(=O)c2cccs2)[C@@](O)(C(F)(F)F)N1. The normalized spacial score (nSPS) is 23.3. The van der Waals surface area contributed by atoms with Crippen LogP contribution in [0.15, 0.2) is 72.1 Å². The summed E-state index contributed by atoms with van der Waals surface area (Å²) < 4.78 is 42.7. The summed E-state index contributed by atoms with van der Waals surface area (Å²) in [5, 5.41) is 19.2. The first-order chi connectivity index (χ1) is 15.7. The van der Waals surface area contributed by atoms with Gasteiger partial charge in [-0.15, -0.1) is 11.3 Å². The van der Waals surface area contributed by atoms with Crippen LogP contribution in [0.2, 0.25) is 0 Å². The number of benzene rings is 3. The molecule has 4 aromatic rings. The van der Waals surface area contributed by atoms with Gasteiger partial charge in [0, 0.05) is 0 Å². The molecule has 3 aromatic carbocycles. The van der Waals surface area contributed by atoms with Crippen LogP contribution in [0.3, 0.4) is 0 Å². The minimum Gasteiger partial charge on any atom is -0.363 e. The number of ketones is 1. The summed E-state index contributed by atoms with van der Waals surface area (Å²) in [6, 6.07) is 16.3. The highest BCUT2D eigenvalue weighted by Crippen LogP contribution is 2.47. The molecule has 1 saturated heterocycles. The van der Waals surface area contributed by atoms with Gasteiger partial charge >= 0.3 is 12.2 Å². The van der Waals surface area contributed by atoms with E-state index in [9.17, 15) is 27.9 Å². The lowest BCUT2D eigenvalue weighted by Crippen LogP contribution is -2.72. The van der Waals surface area contributed by atoms with E-state index in [-0.39, 0.29) is 4.88 Å². The van der Waals surface area contributed by atoms with Crippen LogP contribution < -0.4 is 10.6 Å². The Bertz CT molecular complexity index is 1330. The largest absolute Gasteiger partial charge is 0.437 e. The minimum absolute atomic E-state index is 0.0511. The highest BCUT2D eigenvalue weighted by molar-refractivity contribution is 7.12. The number of halogens is 3. The van der Waals surface area contributed by atoms with Crippen molar-refractivity contribution < 1.29 is 27.9 Å². The Morgan fingerprint density at radius 2 is 1.58 bits per heavy atom. The Labute approximate surface area is 189 Å². The van der Waals surface area contributed by atoms with Crippen LogP contribution in [-0.4, -0.2) is 28.8 Å². The number of aliphatic hydroxyl groups is 1. The van der Waals surface area contributed by atoms with Gasteiger partial charge in [0.25, 0.3) is 0 Å². The second-order valence-corrected chi connectivity index (χ2v) is 8.84. The van der Waals surface area contributed by atoms with Crippen molar-refractivity contribution in [2.75, 3.05) is 0 Å². The predicted molar refractivity (Wildman–Crippen MR) is 119 cm³/mol. The molecular formula is C24H17F3N2O3S. The summed E-state index contributed by atoms with van der Waals surface area (Å²) in [5.41, 5.74) is -3.42. The fourth-order valence-electron chi connectivity index (χ4n) is 4.54. The molecule has 168 valence electrons. The molecule has 3 N–H and O–H groups in total. The molecule has 1 aliphatic heterocycles. The van der Waals surface area contributed by atoms with Gasteiger partial charge < -0.3 is 15.7 Å². The molecule has 0 unspecified atom stereocenters. The Kier molecular flexibility index (Phi) is 4.91. The highest BCUT2D eigenvalue weighted by atomic mass is 32.1. The summed E-state index contributed by atoms with van der Waals surface area (Å²) in [6.45, 7) is 0. The summed E-state index contributed by atoms with van der Waals surface area (Å²) in [7, 11) is 0. The number of hydrogen-bond donors (Lipinski definition) is 3. The topological polar surface area (TPSA) is 78.4 Å². The number of rotatable bonds is 3. The lowest BCUT2D eigenvalue weighted by molar-refractivity contribution is -0.287. The van der Waals surface area contributed by atoms with Crippen molar-refractivity contribution in [2.24, 2.45) is 5.92 Å². The molecule has 0 spiro atoms. The van der Waals surface area contributed by atoms with Crippen LogP contribution in [0.1, 0.15) is 21.3 Å². The fraction of sp³-hybridized carbons (Fsp3) is 0.167. The van der Waals surface area contributed by atoms with E-state index in [1.165, 1.54) is 6.07 Å². The minimum atomic E-state index is -5.30. The molecule has 2 amide bonds. The summed E-state index contributed by atoms with van der Waals surface area (Å²) in [4.78, 5) is 25.9. The number of urea groups is 1. The Morgan fingerprint density at radius 3 is 2.12 bits per heavy atom. The third kappa shape index (κ3) is 3.35. The van der Waals surface area contributed by atoms with E-state index in [2.05, 4.69) is 5.32 Å².